The lowest BCUT2D eigenvalue weighted by molar-refractivity contribution is 0.0609. The molecule has 1 aromatic carbocycles. The molecule has 0 saturated heterocycles. The fourth-order valence-corrected chi connectivity index (χ4v) is 2.91. The highest BCUT2D eigenvalue weighted by Gasteiger charge is 2.27. The molecular weight excluding hydrogens is 294 g/mol. The standard InChI is InChI=1S/C16H21N5O2/c1-20(16(23)12-7-3-2-4-8-12)11-15-17-19-21(18-15)13-9-5-6-10-14(13)22/h2-4,7-8,13-14,22H,5-6,9-11H2,1H3/t13-,14-/m1/s1. The molecule has 0 radical (unpaired) electrons. The Balaban J connectivity index is 1.65. The third kappa shape index (κ3) is 3.56. The van der Waals surface area contributed by atoms with E-state index < -0.39 is 6.10 Å². The second-order valence-electron chi connectivity index (χ2n) is 5.97. The highest BCUT2D eigenvalue weighted by Crippen LogP contribution is 2.27. The first-order valence-corrected chi connectivity index (χ1v) is 7.92. The van der Waals surface area contributed by atoms with Crippen LogP contribution in [-0.4, -0.2) is 49.3 Å². The molecule has 3 rings (SSSR count). The van der Waals surface area contributed by atoms with Crippen LogP contribution in [0.15, 0.2) is 30.3 Å². The second-order valence-corrected chi connectivity index (χ2v) is 5.97. The van der Waals surface area contributed by atoms with Crippen LogP contribution in [0.1, 0.15) is 47.9 Å². The minimum Gasteiger partial charge on any atom is -0.391 e. The maximum Gasteiger partial charge on any atom is 0.254 e. The molecule has 7 nitrogen and oxygen atoms in total. The molecule has 1 aliphatic carbocycles. The van der Waals surface area contributed by atoms with Crippen LogP contribution in [0.5, 0.6) is 0 Å². The van der Waals surface area contributed by atoms with E-state index in [0.717, 1.165) is 25.7 Å². The summed E-state index contributed by atoms with van der Waals surface area (Å²) in [7, 11) is 1.71. The van der Waals surface area contributed by atoms with Gasteiger partial charge in [0.25, 0.3) is 5.91 Å². The lowest BCUT2D eigenvalue weighted by Crippen LogP contribution is -2.29. The highest BCUT2D eigenvalue weighted by atomic mass is 16.3. The fraction of sp³-hybridized carbons (Fsp3) is 0.500. The van der Waals surface area contributed by atoms with Crippen LogP contribution in [-0.2, 0) is 6.54 Å². The van der Waals surface area contributed by atoms with Crippen LogP contribution in [0.3, 0.4) is 0 Å². The van der Waals surface area contributed by atoms with E-state index in [4.69, 9.17) is 0 Å². The maximum atomic E-state index is 12.3. The number of carbonyl (C=O) groups is 1. The van der Waals surface area contributed by atoms with E-state index in [-0.39, 0.29) is 18.5 Å². The predicted octanol–water partition coefficient (Wildman–Crippen LogP) is 1.42. The zero-order valence-corrected chi connectivity index (χ0v) is 13.2. The number of nitrogens with zero attached hydrogens (tertiary/aromatic N) is 5. The number of aromatic nitrogens is 4. The highest BCUT2D eigenvalue weighted by molar-refractivity contribution is 5.93. The van der Waals surface area contributed by atoms with E-state index in [1.165, 1.54) is 4.80 Å². The van der Waals surface area contributed by atoms with E-state index in [0.29, 0.717) is 11.4 Å². The molecule has 2 aromatic rings. The molecule has 0 aliphatic heterocycles. The van der Waals surface area contributed by atoms with Gasteiger partial charge >= 0.3 is 0 Å². The number of tetrazole rings is 1. The molecule has 23 heavy (non-hydrogen) atoms. The van der Waals surface area contributed by atoms with Crippen LogP contribution in [0.2, 0.25) is 0 Å². The second kappa shape index (κ2) is 6.87. The molecule has 1 fully saturated rings. The number of hydrogen-bond acceptors (Lipinski definition) is 5. The summed E-state index contributed by atoms with van der Waals surface area (Å²) < 4.78 is 0. The quantitative estimate of drug-likeness (QED) is 0.922. The molecule has 1 amide bonds. The number of rotatable bonds is 4. The molecule has 0 bridgehead atoms. The van der Waals surface area contributed by atoms with Gasteiger partial charge in [-0.3, -0.25) is 4.79 Å². The Morgan fingerprint density at radius 3 is 2.78 bits per heavy atom. The first-order chi connectivity index (χ1) is 11.1. The van der Waals surface area contributed by atoms with Crippen LogP contribution in [0.25, 0.3) is 0 Å². The molecule has 122 valence electrons. The summed E-state index contributed by atoms with van der Waals surface area (Å²) in [6.45, 7) is 0.288. The molecule has 0 unspecified atom stereocenters. The summed E-state index contributed by atoms with van der Waals surface area (Å²) >= 11 is 0. The van der Waals surface area contributed by atoms with Gasteiger partial charge in [0, 0.05) is 12.6 Å². The van der Waals surface area contributed by atoms with Gasteiger partial charge in [0.2, 0.25) is 0 Å². The Bertz CT molecular complexity index is 658. The molecule has 1 aliphatic rings. The first-order valence-electron chi connectivity index (χ1n) is 7.92. The summed E-state index contributed by atoms with van der Waals surface area (Å²) in [6.07, 6.45) is 3.30. The molecule has 1 aromatic heterocycles. The molecule has 1 saturated carbocycles. The van der Waals surface area contributed by atoms with Crippen molar-refractivity contribution in [3.8, 4) is 0 Å². The number of amides is 1. The monoisotopic (exact) mass is 315 g/mol. The van der Waals surface area contributed by atoms with Gasteiger partial charge in [0.15, 0.2) is 5.82 Å². The predicted molar refractivity (Wildman–Crippen MR) is 83.6 cm³/mol. The maximum absolute atomic E-state index is 12.3. The van der Waals surface area contributed by atoms with Crippen molar-refractivity contribution < 1.29 is 9.90 Å². The van der Waals surface area contributed by atoms with Gasteiger partial charge in [0.1, 0.15) is 0 Å². The van der Waals surface area contributed by atoms with Crippen LogP contribution in [0, 0.1) is 0 Å². The van der Waals surface area contributed by atoms with Crippen molar-refractivity contribution in [1.29, 1.82) is 0 Å². The van der Waals surface area contributed by atoms with Gasteiger partial charge in [-0.25, -0.2) is 0 Å². The van der Waals surface area contributed by atoms with Gasteiger partial charge in [-0.05, 0) is 30.2 Å². The largest absolute Gasteiger partial charge is 0.391 e. The van der Waals surface area contributed by atoms with Crippen molar-refractivity contribution in [1.82, 2.24) is 25.1 Å². The molecule has 1 N–H and O–H groups in total. The summed E-state index contributed by atoms with van der Waals surface area (Å²) in [5.41, 5.74) is 0.630. The van der Waals surface area contributed by atoms with Crippen LogP contribution >= 0.6 is 0 Å². The number of carbonyl (C=O) groups excluding carboxylic acids is 1. The Labute approximate surface area is 134 Å². The summed E-state index contributed by atoms with van der Waals surface area (Å²) in [4.78, 5) is 15.4. The molecule has 7 heteroatoms. The van der Waals surface area contributed by atoms with E-state index in [9.17, 15) is 9.90 Å². The lowest BCUT2D eigenvalue weighted by Gasteiger charge is -2.25. The third-order valence-corrected chi connectivity index (χ3v) is 4.21. The zero-order valence-electron chi connectivity index (χ0n) is 13.2. The molecular formula is C16H21N5O2. The molecule has 0 spiro atoms. The van der Waals surface area contributed by atoms with E-state index in [1.54, 1.807) is 24.1 Å². The Morgan fingerprint density at radius 2 is 2.04 bits per heavy atom. The first kappa shape index (κ1) is 15.6. The zero-order chi connectivity index (χ0) is 16.2. The molecule has 2 atom stereocenters. The molecule has 1 heterocycles. The number of benzene rings is 1. The summed E-state index contributed by atoms with van der Waals surface area (Å²) in [5.74, 6) is 0.397. The topological polar surface area (TPSA) is 84.1 Å². The van der Waals surface area contributed by atoms with Crippen molar-refractivity contribution in [2.75, 3.05) is 7.05 Å². The summed E-state index contributed by atoms with van der Waals surface area (Å²) in [5, 5.41) is 22.5. The Morgan fingerprint density at radius 1 is 1.30 bits per heavy atom. The minimum absolute atomic E-state index is 0.0837. The van der Waals surface area contributed by atoms with Crippen LogP contribution < -0.4 is 0 Å². The third-order valence-electron chi connectivity index (χ3n) is 4.21. The van der Waals surface area contributed by atoms with Gasteiger partial charge in [-0.15, -0.1) is 10.2 Å². The van der Waals surface area contributed by atoms with Gasteiger partial charge in [0.05, 0.1) is 18.7 Å². The van der Waals surface area contributed by atoms with E-state index in [2.05, 4.69) is 15.4 Å². The smallest absolute Gasteiger partial charge is 0.254 e. The van der Waals surface area contributed by atoms with Crippen molar-refractivity contribution >= 4 is 5.91 Å². The van der Waals surface area contributed by atoms with Gasteiger partial charge in [-0.2, -0.15) is 4.80 Å². The average Bonchev–Trinajstić information content (AvgIpc) is 3.03. The Kier molecular flexibility index (Phi) is 4.66. The fourth-order valence-electron chi connectivity index (χ4n) is 2.91. The SMILES string of the molecule is CN(Cc1nnn([C@@H]2CCCC[C@H]2O)n1)C(=O)c1ccccc1. The van der Waals surface area contributed by atoms with Crippen molar-refractivity contribution in [2.45, 2.75) is 44.4 Å². The Hall–Kier alpha value is -2.28. The van der Waals surface area contributed by atoms with Crippen molar-refractivity contribution in [3.63, 3.8) is 0 Å². The lowest BCUT2D eigenvalue weighted by atomic mass is 9.93. The van der Waals surface area contributed by atoms with E-state index >= 15 is 0 Å². The number of aliphatic hydroxyl groups is 1. The number of hydrogen-bond donors (Lipinski definition) is 1. The van der Waals surface area contributed by atoms with Crippen molar-refractivity contribution in [2.24, 2.45) is 0 Å². The number of aliphatic hydroxyl groups excluding tert-OH is 1. The minimum atomic E-state index is -0.422. The summed E-state index contributed by atoms with van der Waals surface area (Å²) in [6, 6.07) is 8.99. The average molecular weight is 315 g/mol. The van der Waals surface area contributed by atoms with Crippen molar-refractivity contribution in [3.05, 3.63) is 41.7 Å². The van der Waals surface area contributed by atoms with Gasteiger partial charge < -0.3 is 10.0 Å². The van der Waals surface area contributed by atoms with Gasteiger partial charge in [-0.1, -0.05) is 31.0 Å². The van der Waals surface area contributed by atoms with E-state index in [1.807, 2.05) is 18.2 Å². The normalized spacial score (nSPS) is 21.1. The van der Waals surface area contributed by atoms with Crippen LogP contribution in [0.4, 0.5) is 0 Å².